The van der Waals surface area contributed by atoms with Crippen molar-refractivity contribution < 1.29 is 5.21 Å². The molecule has 0 saturated carbocycles. The van der Waals surface area contributed by atoms with Gasteiger partial charge in [-0.15, -0.1) is 0 Å². The smallest absolute Gasteiger partial charge is 0.110 e. The van der Waals surface area contributed by atoms with Crippen molar-refractivity contribution >= 4 is 17.4 Å². The van der Waals surface area contributed by atoms with Gasteiger partial charge in [-0.05, 0) is 28.9 Å². The second-order valence-electron chi connectivity index (χ2n) is 4.37. The van der Waals surface area contributed by atoms with Gasteiger partial charge < -0.3 is 5.21 Å². The Balaban J connectivity index is 2.13. The Labute approximate surface area is 112 Å². The molecule has 0 amide bonds. The van der Waals surface area contributed by atoms with Crippen molar-refractivity contribution in [1.82, 2.24) is 0 Å². The van der Waals surface area contributed by atoms with Gasteiger partial charge in [0.15, 0.2) is 0 Å². The minimum absolute atomic E-state index is 0.598. The molecule has 3 rings (SSSR count). The third-order valence-electron chi connectivity index (χ3n) is 3.16. The minimum Gasteiger partial charge on any atom is -0.410 e. The average molecular weight is 247 g/mol. The summed E-state index contributed by atoms with van der Waals surface area (Å²) in [5, 5.41) is 12.4. The van der Waals surface area contributed by atoms with E-state index in [4.69, 9.17) is 5.21 Å². The third-order valence-corrected chi connectivity index (χ3v) is 3.16. The predicted octanol–water partition coefficient (Wildman–Crippen LogP) is 3.98. The summed E-state index contributed by atoms with van der Waals surface area (Å²) in [6.45, 7) is 0. The van der Waals surface area contributed by atoms with Crippen molar-refractivity contribution in [3.8, 4) is 0 Å². The monoisotopic (exact) mass is 247 g/mol. The van der Waals surface area contributed by atoms with Crippen LogP contribution in [0.3, 0.4) is 0 Å². The van der Waals surface area contributed by atoms with Crippen LogP contribution in [0.25, 0.3) is 11.6 Å². The van der Waals surface area contributed by atoms with Gasteiger partial charge in [0.25, 0.3) is 0 Å². The van der Waals surface area contributed by atoms with Crippen molar-refractivity contribution in [2.24, 2.45) is 5.16 Å². The molecule has 0 heterocycles. The Morgan fingerprint density at radius 2 is 1.47 bits per heavy atom. The Hall–Kier alpha value is -2.61. The van der Waals surface area contributed by atoms with E-state index in [1.54, 1.807) is 0 Å². The molecule has 19 heavy (non-hydrogen) atoms. The Bertz CT molecular complexity index is 681. The lowest BCUT2D eigenvalue weighted by Crippen LogP contribution is -2.05. The molecule has 0 spiro atoms. The van der Waals surface area contributed by atoms with E-state index in [1.807, 2.05) is 54.6 Å². The highest BCUT2D eigenvalue weighted by Gasteiger charge is 2.14. The first-order chi connectivity index (χ1) is 9.38. The van der Waals surface area contributed by atoms with Crippen LogP contribution in [0.2, 0.25) is 0 Å². The molecule has 0 fully saturated rings. The first-order valence-corrected chi connectivity index (χ1v) is 6.15. The van der Waals surface area contributed by atoms with Gasteiger partial charge in [-0.2, -0.15) is 0 Å². The molecule has 1 N–H and O–H groups in total. The summed E-state index contributed by atoms with van der Waals surface area (Å²) in [6, 6.07) is 18.1. The molecule has 92 valence electrons. The number of oxime groups is 1. The molecule has 0 bridgehead atoms. The highest BCUT2D eigenvalue weighted by molar-refractivity contribution is 6.16. The number of hydrogen-bond acceptors (Lipinski definition) is 2. The van der Waals surface area contributed by atoms with Crippen LogP contribution in [0.1, 0.15) is 16.7 Å². The molecule has 0 saturated heterocycles. The van der Waals surface area contributed by atoms with Gasteiger partial charge in [0.2, 0.25) is 0 Å². The maximum absolute atomic E-state index is 9.03. The molecule has 2 aromatic carbocycles. The summed E-state index contributed by atoms with van der Waals surface area (Å²) in [6.07, 6.45) is 5.94. The van der Waals surface area contributed by atoms with Gasteiger partial charge in [0, 0.05) is 5.56 Å². The highest BCUT2D eigenvalue weighted by Crippen LogP contribution is 2.27. The summed E-state index contributed by atoms with van der Waals surface area (Å²) in [5.41, 5.74) is 4.91. The molecule has 0 aliphatic heterocycles. The minimum atomic E-state index is 0.598. The summed E-state index contributed by atoms with van der Waals surface area (Å²) in [7, 11) is 0. The lowest BCUT2D eigenvalue weighted by molar-refractivity contribution is 0.320. The van der Waals surface area contributed by atoms with E-state index in [2.05, 4.69) is 23.4 Å². The quantitative estimate of drug-likeness (QED) is 0.600. The Kier molecular flexibility index (Phi) is 2.99. The van der Waals surface area contributed by atoms with E-state index >= 15 is 0 Å². The summed E-state index contributed by atoms with van der Waals surface area (Å²) >= 11 is 0. The zero-order valence-corrected chi connectivity index (χ0v) is 10.3. The van der Waals surface area contributed by atoms with Crippen LogP contribution < -0.4 is 0 Å². The van der Waals surface area contributed by atoms with Crippen molar-refractivity contribution in [3.05, 3.63) is 83.4 Å². The average Bonchev–Trinajstić information content (AvgIpc) is 2.49. The van der Waals surface area contributed by atoms with Crippen LogP contribution in [0.15, 0.2) is 71.9 Å². The number of benzene rings is 2. The fraction of sp³-hybridized carbons (Fsp3) is 0. The Morgan fingerprint density at radius 3 is 2.21 bits per heavy atom. The van der Waals surface area contributed by atoms with E-state index in [-0.39, 0.29) is 0 Å². The molecule has 0 radical (unpaired) electrons. The molecule has 2 heteroatoms. The normalized spacial score (nSPS) is 17.7. The Morgan fingerprint density at radius 1 is 0.789 bits per heavy atom. The van der Waals surface area contributed by atoms with E-state index in [9.17, 15) is 0 Å². The van der Waals surface area contributed by atoms with Crippen molar-refractivity contribution in [2.75, 3.05) is 0 Å². The van der Waals surface area contributed by atoms with Gasteiger partial charge in [0.1, 0.15) is 5.71 Å². The first kappa shape index (κ1) is 11.5. The van der Waals surface area contributed by atoms with Gasteiger partial charge in [-0.25, -0.2) is 0 Å². The molecule has 1 aliphatic rings. The van der Waals surface area contributed by atoms with E-state index in [1.165, 1.54) is 0 Å². The van der Waals surface area contributed by atoms with E-state index in [0.717, 1.165) is 22.3 Å². The van der Waals surface area contributed by atoms with Crippen LogP contribution in [-0.2, 0) is 0 Å². The van der Waals surface area contributed by atoms with Crippen molar-refractivity contribution in [2.45, 2.75) is 0 Å². The number of hydrogen-bond donors (Lipinski definition) is 1. The molecule has 0 atom stereocenters. The molecule has 2 aromatic rings. The van der Waals surface area contributed by atoms with Crippen molar-refractivity contribution in [3.63, 3.8) is 0 Å². The highest BCUT2D eigenvalue weighted by atomic mass is 16.4. The van der Waals surface area contributed by atoms with Gasteiger partial charge in [0.05, 0.1) is 0 Å². The predicted molar refractivity (Wildman–Crippen MR) is 78.2 cm³/mol. The zero-order chi connectivity index (χ0) is 13.1. The van der Waals surface area contributed by atoms with Crippen LogP contribution in [0.5, 0.6) is 0 Å². The molecule has 2 nitrogen and oxygen atoms in total. The maximum atomic E-state index is 9.03. The topological polar surface area (TPSA) is 32.6 Å². The first-order valence-electron chi connectivity index (χ1n) is 6.15. The van der Waals surface area contributed by atoms with Gasteiger partial charge in [-0.1, -0.05) is 65.8 Å². The van der Waals surface area contributed by atoms with Gasteiger partial charge in [-0.3, -0.25) is 0 Å². The lowest BCUT2D eigenvalue weighted by atomic mass is 9.90. The van der Waals surface area contributed by atoms with Crippen molar-refractivity contribution in [1.29, 1.82) is 0 Å². The standard InChI is InChI=1S/C17H13NO/c19-18-17-11-10-14(12-13-6-2-1-3-7-13)15-8-4-5-9-16(15)17/h1-12,19H/b14-12-,18-17-. The SMILES string of the molecule is O/N=C1C=C/C(=C/c2ccccc2)c2ccccc2/1. The van der Waals surface area contributed by atoms with Crippen LogP contribution >= 0.6 is 0 Å². The molecular formula is C17H13NO. The van der Waals surface area contributed by atoms with Crippen LogP contribution in [0.4, 0.5) is 0 Å². The number of rotatable bonds is 1. The van der Waals surface area contributed by atoms with E-state index in [0.29, 0.717) is 5.71 Å². The second kappa shape index (κ2) is 4.94. The van der Waals surface area contributed by atoms with Gasteiger partial charge >= 0.3 is 0 Å². The lowest BCUT2D eigenvalue weighted by Gasteiger charge is -2.14. The fourth-order valence-electron chi connectivity index (χ4n) is 2.25. The number of fused-ring (bicyclic) bond motifs is 1. The molecule has 0 aromatic heterocycles. The molecular weight excluding hydrogens is 234 g/mol. The van der Waals surface area contributed by atoms with E-state index < -0.39 is 0 Å². The summed E-state index contributed by atoms with van der Waals surface area (Å²) < 4.78 is 0. The molecule has 0 unspecified atom stereocenters. The second-order valence-corrected chi connectivity index (χ2v) is 4.37. The number of allylic oxidation sites excluding steroid dienone is 3. The molecule has 1 aliphatic carbocycles. The third kappa shape index (κ3) is 2.20. The fourth-order valence-corrected chi connectivity index (χ4v) is 2.25. The maximum Gasteiger partial charge on any atom is 0.110 e. The summed E-state index contributed by atoms with van der Waals surface area (Å²) in [5.74, 6) is 0. The van der Waals surface area contributed by atoms with Crippen LogP contribution in [0, 0.1) is 0 Å². The summed E-state index contributed by atoms with van der Waals surface area (Å²) in [4.78, 5) is 0. The zero-order valence-electron chi connectivity index (χ0n) is 10.3. The largest absolute Gasteiger partial charge is 0.410 e. The number of nitrogens with zero attached hydrogens (tertiary/aromatic N) is 1. The van der Waals surface area contributed by atoms with Crippen LogP contribution in [-0.4, -0.2) is 10.9 Å².